The maximum Gasteiger partial charge on any atom is 0.129 e. The summed E-state index contributed by atoms with van der Waals surface area (Å²) in [5.41, 5.74) is 0.602. The zero-order chi connectivity index (χ0) is 12.7. The zero-order valence-electron chi connectivity index (χ0n) is 9.88. The summed E-state index contributed by atoms with van der Waals surface area (Å²) >= 11 is 5.67. The number of hydrogen-bond donors (Lipinski definition) is 1. The molecule has 0 bridgehead atoms. The Labute approximate surface area is 106 Å². The first-order valence-corrected chi connectivity index (χ1v) is 5.88. The Kier molecular flexibility index (Phi) is 6.19. The molecule has 94 valence electrons. The van der Waals surface area contributed by atoms with Crippen LogP contribution in [0.25, 0.3) is 0 Å². The molecule has 1 atom stereocenters. The van der Waals surface area contributed by atoms with Crippen molar-refractivity contribution in [2.75, 3.05) is 13.2 Å². The van der Waals surface area contributed by atoms with Gasteiger partial charge in [0.2, 0.25) is 0 Å². The molecule has 1 unspecified atom stereocenters. The van der Waals surface area contributed by atoms with Gasteiger partial charge in [-0.2, -0.15) is 0 Å². The number of rotatable bonds is 7. The van der Waals surface area contributed by atoms with Crippen LogP contribution in [-0.4, -0.2) is 19.3 Å². The molecule has 0 radical (unpaired) electrons. The monoisotopic (exact) mass is 257 g/mol. The van der Waals surface area contributed by atoms with E-state index in [0.717, 1.165) is 0 Å². The molecule has 1 aromatic rings. The molecule has 0 saturated heterocycles. The molecule has 0 heterocycles. The van der Waals surface area contributed by atoms with Crippen molar-refractivity contribution in [2.24, 2.45) is 0 Å². The number of ether oxygens (including phenoxy) is 1. The Hall–Kier alpha value is -0.900. The summed E-state index contributed by atoms with van der Waals surface area (Å²) in [5.74, 6) is -0.287. The molecule has 0 aromatic heterocycles. The van der Waals surface area contributed by atoms with Crippen LogP contribution in [0.3, 0.4) is 0 Å². The second kappa shape index (κ2) is 7.43. The summed E-state index contributed by atoms with van der Waals surface area (Å²) in [6, 6.07) is 4.68. The molecule has 17 heavy (non-hydrogen) atoms. The highest BCUT2D eigenvalue weighted by molar-refractivity contribution is 6.30. The van der Waals surface area contributed by atoms with Crippen LogP contribution in [0, 0.1) is 5.82 Å². The summed E-state index contributed by atoms with van der Waals surface area (Å²) in [7, 11) is 0. The molecule has 4 heteroatoms. The molecule has 0 aliphatic carbocycles. The summed E-state index contributed by atoms with van der Waals surface area (Å²) in [5, 5.41) is 3.54. The lowest BCUT2D eigenvalue weighted by Crippen LogP contribution is -2.26. The third-order valence-electron chi connectivity index (χ3n) is 2.26. The van der Waals surface area contributed by atoms with E-state index in [2.05, 4.69) is 11.9 Å². The van der Waals surface area contributed by atoms with Gasteiger partial charge in [-0.15, -0.1) is 6.58 Å². The van der Waals surface area contributed by atoms with Gasteiger partial charge in [0, 0.05) is 23.7 Å². The molecule has 1 aromatic carbocycles. The molecule has 1 rings (SSSR count). The molecule has 0 aliphatic rings. The van der Waals surface area contributed by atoms with Crippen LogP contribution >= 0.6 is 11.6 Å². The Morgan fingerprint density at radius 1 is 1.59 bits per heavy atom. The lowest BCUT2D eigenvalue weighted by Gasteiger charge is -2.13. The van der Waals surface area contributed by atoms with Crippen LogP contribution in [0.2, 0.25) is 5.02 Å². The lowest BCUT2D eigenvalue weighted by atomic mass is 10.2. The average Bonchev–Trinajstić information content (AvgIpc) is 2.29. The van der Waals surface area contributed by atoms with E-state index in [4.69, 9.17) is 16.3 Å². The molecule has 0 spiro atoms. The number of hydrogen-bond acceptors (Lipinski definition) is 2. The summed E-state index contributed by atoms with van der Waals surface area (Å²) in [4.78, 5) is 0. The molecule has 0 saturated carbocycles. The van der Waals surface area contributed by atoms with E-state index in [1.54, 1.807) is 18.2 Å². The first-order valence-electron chi connectivity index (χ1n) is 5.50. The van der Waals surface area contributed by atoms with Crippen molar-refractivity contribution in [3.63, 3.8) is 0 Å². The number of halogens is 2. The second-order valence-corrected chi connectivity index (χ2v) is 4.24. The van der Waals surface area contributed by atoms with Gasteiger partial charge in [-0.05, 0) is 19.1 Å². The maximum absolute atomic E-state index is 13.4. The minimum atomic E-state index is -0.287. The van der Waals surface area contributed by atoms with E-state index >= 15 is 0 Å². The Balaban J connectivity index is 2.33. The zero-order valence-corrected chi connectivity index (χ0v) is 10.6. The van der Waals surface area contributed by atoms with Gasteiger partial charge < -0.3 is 10.1 Å². The number of nitrogens with one attached hydrogen (secondary N) is 1. The van der Waals surface area contributed by atoms with Gasteiger partial charge in [-0.25, -0.2) is 4.39 Å². The van der Waals surface area contributed by atoms with E-state index in [9.17, 15) is 4.39 Å². The lowest BCUT2D eigenvalue weighted by molar-refractivity contribution is 0.0877. The van der Waals surface area contributed by atoms with Crippen molar-refractivity contribution >= 4 is 11.6 Å². The van der Waals surface area contributed by atoms with Gasteiger partial charge in [0.05, 0.1) is 12.7 Å². The Morgan fingerprint density at radius 2 is 2.35 bits per heavy atom. The normalized spacial score (nSPS) is 12.4. The van der Waals surface area contributed by atoms with Crippen LogP contribution in [0.5, 0.6) is 0 Å². The smallest absolute Gasteiger partial charge is 0.129 e. The third kappa shape index (κ3) is 5.31. The van der Waals surface area contributed by atoms with E-state index in [-0.39, 0.29) is 11.9 Å². The van der Waals surface area contributed by atoms with Crippen LogP contribution in [0.4, 0.5) is 4.39 Å². The highest BCUT2D eigenvalue weighted by Gasteiger charge is 2.04. The predicted molar refractivity (Wildman–Crippen MR) is 68.7 cm³/mol. The quantitative estimate of drug-likeness (QED) is 0.758. The van der Waals surface area contributed by atoms with E-state index in [1.807, 2.05) is 6.92 Å². The molecule has 0 amide bonds. The van der Waals surface area contributed by atoms with Crippen molar-refractivity contribution < 1.29 is 9.13 Å². The third-order valence-corrected chi connectivity index (χ3v) is 2.50. The van der Waals surface area contributed by atoms with Crippen LogP contribution < -0.4 is 5.32 Å². The van der Waals surface area contributed by atoms with E-state index in [0.29, 0.717) is 30.3 Å². The fourth-order valence-electron chi connectivity index (χ4n) is 1.37. The number of benzene rings is 1. The summed E-state index contributed by atoms with van der Waals surface area (Å²) in [6.07, 6.45) is 1.78. The first kappa shape index (κ1) is 14.2. The minimum absolute atomic E-state index is 0.0726. The van der Waals surface area contributed by atoms with E-state index < -0.39 is 0 Å². The molecular formula is C13H17ClFNO. The van der Waals surface area contributed by atoms with Crippen molar-refractivity contribution in [2.45, 2.75) is 19.6 Å². The Bertz CT molecular complexity index is 370. The SMILES string of the molecule is C=CCOC(C)CNCc1ccc(Cl)cc1F. The van der Waals surface area contributed by atoms with Crippen LogP contribution in [0.15, 0.2) is 30.9 Å². The van der Waals surface area contributed by atoms with Crippen LogP contribution in [0.1, 0.15) is 12.5 Å². The summed E-state index contributed by atoms with van der Waals surface area (Å²) < 4.78 is 18.8. The van der Waals surface area contributed by atoms with Gasteiger partial charge in [0.15, 0.2) is 0 Å². The molecule has 0 fully saturated rings. The topological polar surface area (TPSA) is 21.3 Å². The Morgan fingerprint density at radius 3 is 3.00 bits per heavy atom. The van der Waals surface area contributed by atoms with Gasteiger partial charge in [0.1, 0.15) is 5.82 Å². The predicted octanol–water partition coefficient (Wildman–Crippen LogP) is 3.16. The molecule has 0 aliphatic heterocycles. The highest BCUT2D eigenvalue weighted by atomic mass is 35.5. The first-order chi connectivity index (χ1) is 8.13. The average molecular weight is 258 g/mol. The van der Waals surface area contributed by atoms with Gasteiger partial charge in [-0.1, -0.05) is 23.7 Å². The minimum Gasteiger partial charge on any atom is -0.373 e. The summed E-state index contributed by atoms with van der Waals surface area (Å²) in [6.45, 7) is 7.18. The highest BCUT2D eigenvalue weighted by Crippen LogP contribution is 2.14. The van der Waals surface area contributed by atoms with Crippen molar-refractivity contribution in [1.82, 2.24) is 5.32 Å². The van der Waals surface area contributed by atoms with Crippen molar-refractivity contribution in [3.8, 4) is 0 Å². The maximum atomic E-state index is 13.4. The molecule has 1 N–H and O–H groups in total. The second-order valence-electron chi connectivity index (χ2n) is 3.80. The van der Waals surface area contributed by atoms with Gasteiger partial charge in [-0.3, -0.25) is 0 Å². The van der Waals surface area contributed by atoms with Crippen molar-refractivity contribution in [3.05, 3.63) is 47.3 Å². The largest absolute Gasteiger partial charge is 0.373 e. The molecule has 2 nitrogen and oxygen atoms in total. The van der Waals surface area contributed by atoms with Gasteiger partial charge in [0.25, 0.3) is 0 Å². The van der Waals surface area contributed by atoms with Gasteiger partial charge >= 0.3 is 0 Å². The van der Waals surface area contributed by atoms with E-state index in [1.165, 1.54) is 6.07 Å². The van der Waals surface area contributed by atoms with Crippen LogP contribution in [-0.2, 0) is 11.3 Å². The molecular weight excluding hydrogens is 241 g/mol. The fraction of sp³-hybridized carbons (Fsp3) is 0.385. The fourth-order valence-corrected chi connectivity index (χ4v) is 1.53. The van der Waals surface area contributed by atoms with Crippen molar-refractivity contribution in [1.29, 1.82) is 0 Å². The standard InChI is InChI=1S/C13H17ClFNO/c1-3-6-17-10(2)8-16-9-11-4-5-12(14)7-13(11)15/h3-5,7,10,16H,1,6,8-9H2,2H3.